The van der Waals surface area contributed by atoms with Crippen molar-refractivity contribution < 1.29 is 27.9 Å². The van der Waals surface area contributed by atoms with Crippen LogP contribution in [-0.2, 0) is 24.2 Å². The molecule has 0 bridgehead atoms. The SMILES string of the molecule is CCCCCS(=O)(=O)CC(=O)N1CCOCC1CC(=O)O. The van der Waals surface area contributed by atoms with E-state index in [1.54, 1.807) is 0 Å². The molecule has 0 aromatic carbocycles. The average molecular weight is 321 g/mol. The largest absolute Gasteiger partial charge is 0.481 e. The van der Waals surface area contributed by atoms with Gasteiger partial charge in [-0.3, -0.25) is 9.59 Å². The van der Waals surface area contributed by atoms with Gasteiger partial charge in [0.05, 0.1) is 31.4 Å². The fraction of sp³-hybridized carbons (Fsp3) is 0.846. The second-order valence-electron chi connectivity index (χ2n) is 5.21. The standard InChI is InChI=1S/C13H23NO6S/c1-2-3-4-7-21(18,19)10-12(15)14-5-6-20-9-11(14)8-13(16)17/h11H,2-10H2,1H3,(H,16,17). The van der Waals surface area contributed by atoms with Crippen LogP contribution in [-0.4, -0.2) is 67.6 Å². The number of aliphatic carboxylic acids is 1. The molecule has 0 aliphatic carbocycles. The molecule has 1 aliphatic heterocycles. The van der Waals surface area contributed by atoms with Crippen molar-refractivity contribution in [2.75, 3.05) is 31.3 Å². The zero-order chi connectivity index (χ0) is 15.9. The molecule has 8 heteroatoms. The van der Waals surface area contributed by atoms with E-state index in [0.29, 0.717) is 13.0 Å². The molecule has 0 aromatic heterocycles. The number of hydrogen-bond acceptors (Lipinski definition) is 5. The van der Waals surface area contributed by atoms with Crippen LogP contribution in [0.25, 0.3) is 0 Å². The van der Waals surface area contributed by atoms with Gasteiger partial charge in [-0.2, -0.15) is 0 Å². The summed E-state index contributed by atoms with van der Waals surface area (Å²) in [5.41, 5.74) is 0. The summed E-state index contributed by atoms with van der Waals surface area (Å²) in [4.78, 5) is 24.2. The molecule has 1 amide bonds. The van der Waals surface area contributed by atoms with Crippen molar-refractivity contribution in [2.45, 2.75) is 38.6 Å². The Morgan fingerprint density at radius 3 is 2.67 bits per heavy atom. The Morgan fingerprint density at radius 1 is 1.33 bits per heavy atom. The van der Waals surface area contributed by atoms with E-state index >= 15 is 0 Å². The van der Waals surface area contributed by atoms with Gasteiger partial charge in [-0.25, -0.2) is 8.42 Å². The summed E-state index contributed by atoms with van der Waals surface area (Å²) in [6, 6.07) is -0.588. The number of amides is 1. The topological polar surface area (TPSA) is 101 Å². The van der Waals surface area contributed by atoms with Crippen molar-refractivity contribution in [2.24, 2.45) is 0 Å². The number of rotatable bonds is 8. The van der Waals surface area contributed by atoms with Crippen LogP contribution in [0.2, 0.25) is 0 Å². The maximum Gasteiger partial charge on any atom is 0.305 e. The zero-order valence-electron chi connectivity index (χ0n) is 12.3. The van der Waals surface area contributed by atoms with Gasteiger partial charge in [0, 0.05) is 6.54 Å². The lowest BCUT2D eigenvalue weighted by Crippen LogP contribution is -2.51. The minimum Gasteiger partial charge on any atom is -0.481 e. The van der Waals surface area contributed by atoms with Gasteiger partial charge in [0.1, 0.15) is 5.75 Å². The van der Waals surface area contributed by atoms with E-state index in [4.69, 9.17) is 9.84 Å². The molecule has 1 atom stereocenters. The molecule has 21 heavy (non-hydrogen) atoms. The van der Waals surface area contributed by atoms with Crippen molar-refractivity contribution >= 4 is 21.7 Å². The molecule has 122 valence electrons. The summed E-state index contributed by atoms with van der Waals surface area (Å²) in [6.45, 7) is 2.65. The van der Waals surface area contributed by atoms with Gasteiger partial charge in [-0.05, 0) is 6.42 Å². The number of carboxylic acids is 1. The first-order valence-corrected chi connectivity index (χ1v) is 8.97. The van der Waals surface area contributed by atoms with Gasteiger partial charge >= 0.3 is 5.97 Å². The fourth-order valence-corrected chi connectivity index (χ4v) is 3.60. The molecule has 1 heterocycles. The Hall–Kier alpha value is -1.15. The number of carbonyl (C=O) groups excluding carboxylic acids is 1. The van der Waals surface area contributed by atoms with Crippen LogP contribution >= 0.6 is 0 Å². The quantitative estimate of drug-likeness (QED) is 0.645. The van der Waals surface area contributed by atoms with Gasteiger partial charge < -0.3 is 14.7 Å². The first-order valence-electron chi connectivity index (χ1n) is 7.15. The molecule has 0 saturated carbocycles. The Labute approximate surface area is 125 Å². The predicted molar refractivity (Wildman–Crippen MR) is 76.8 cm³/mol. The van der Waals surface area contributed by atoms with Gasteiger partial charge in [-0.1, -0.05) is 19.8 Å². The Kier molecular flexibility index (Phi) is 7.10. The summed E-state index contributed by atoms with van der Waals surface area (Å²) >= 11 is 0. The maximum atomic E-state index is 12.1. The third-order valence-electron chi connectivity index (χ3n) is 3.36. The van der Waals surface area contributed by atoms with Gasteiger partial charge in [0.2, 0.25) is 5.91 Å². The van der Waals surface area contributed by atoms with E-state index in [0.717, 1.165) is 12.8 Å². The van der Waals surface area contributed by atoms with Crippen molar-refractivity contribution in [3.05, 3.63) is 0 Å². The van der Waals surface area contributed by atoms with Crippen molar-refractivity contribution in [3.8, 4) is 0 Å². The van der Waals surface area contributed by atoms with Crippen LogP contribution in [0.3, 0.4) is 0 Å². The molecule has 1 aliphatic rings. The molecule has 1 rings (SSSR count). The molecular weight excluding hydrogens is 298 g/mol. The predicted octanol–water partition coefficient (Wildman–Crippen LogP) is 0.294. The van der Waals surface area contributed by atoms with Crippen molar-refractivity contribution in [3.63, 3.8) is 0 Å². The average Bonchev–Trinajstić information content (AvgIpc) is 2.38. The van der Waals surface area contributed by atoms with E-state index in [-0.39, 0.29) is 25.3 Å². The highest BCUT2D eigenvalue weighted by molar-refractivity contribution is 7.92. The molecule has 1 saturated heterocycles. The number of nitrogens with zero attached hydrogens (tertiary/aromatic N) is 1. The lowest BCUT2D eigenvalue weighted by molar-refractivity contribution is -0.144. The summed E-state index contributed by atoms with van der Waals surface area (Å²) in [7, 11) is -3.43. The molecule has 1 unspecified atom stereocenters. The summed E-state index contributed by atoms with van der Waals surface area (Å²) < 4.78 is 29.0. The number of carbonyl (C=O) groups is 2. The lowest BCUT2D eigenvalue weighted by Gasteiger charge is -2.34. The van der Waals surface area contributed by atoms with E-state index in [1.807, 2.05) is 6.92 Å². The minimum atomic E-state index is -3.43. The number of hydrogen-bond donors (Lipinski definition) is 1. The summed E-state index contributed by atoms with van der Waals surface area (Å²) in [5.74, 6) is -2.11. The minimum absolute atomic E-state index is 0.000513. The molecule has 1 fully saturated rings. The van der Waals surface area contributed by atoms with E-state index in [1.165, 1.54) is 4.90 Å². The normalized spacial score (nSPS) is 19.5. The first kappa shape index (κ1) is 17.9. The highest BCUT2D eigenvalue weighted by atomic mass is 32.2. The molecular formula is C13H23NO6S. The monoisotopic (exact) mass is 321 g/mol. The smallest absolute Gasteiger partial charge is 0.305 e. The second kappa shape index (κ2) is 8.33. The number of unbranched alkanes of at least 4 members (excludes halogenated alkanes) is 2. The van der Waals surface area contributed by atoms with Crippen LogP contribution < -0.4 is 0 Å². The highest BCUT2D eigenvalue weighted by Gasteiger charge is 2.31. The third kappa shape index (κ3) is 6.43. The molecule has 0 radical (unpaired) electrons. The molecule has 7 nitrogen and oxygen atoms in total. The summed E-state index contributed by atoms with van der Waals surface area (Å²) in [6.07, 6.45) is 2.04. The first-order chi connectivity index (χ1) is 9.85. The van der Waals surface area contributed by atoms with Gasteiger partial charge in [0.25, 0.3) is 0 Å². The highest BCUT2D eigenvalue weighted by Crippen LogP contribution is 2.12. The van der Waals surface area contributed by atoms with E-state index in [9.17, 15) is 18.0 Å². The molecule has 1 N–H and O–H groups in total. The Morgan fingerprint density at radius 2 is 2.05 bits per heavy atom. The van der Waals surface area contributed by atoms with Gasteiger partial charge in [-0.15, -0.1) is 0 Å². The van der Waals surface area contributed by atoms with Crippen LogP contribution in [0.15, 0.2) is 0 Å². The van der Waals surface area contributed by atoms with Crippen LogP contribution in [0.1, 0.15) is 32.6 Å². The number of ether oxygens (including phenoxy) is 1. The van der Waals surface area contributed by atoms with Crippen LogP contribution in [0.5, 0.6) is 0 Å². The lowest BCUT2D eigenvalue weighted by atomic mass is 10.1. The van der Waals surface area contributed by atoms with Crippen molar-refractivity contribution in [1.29, 1.82) is 0 Å². The third-order valence-corrected chi connectivity index (χ3v) is 4.96. The molecule has 0 aromatic rings. The van der Waals surface area contributed by atoms with Crippen molar-refractivity contribution in [1.82, 2.24) is 4.90 Å². The number of sulfone groups is 1. The van der Waals surface area contributed by atoms with Crippen LogP contribution in [0.4, 0.5) is 0 Å². The van der Waals surface area contributed by atoms with Crippen LogP contribution in [0, 0.1) is 0 Å². The number of morpholine rings is 1. The molecule has 0 spiro atoms. The van der Waals surface area contributed by atoms with E-state index < -0.39 is 33.5 Å². The Bertz CT molecular complexity index is 461. The summed E-state index contributed by atoms with van der Waals surface area (Å²) in [5, 5.41) is 8.83. The zero-order valence-corrected chi connectivity index (χ0v) is 13.1. The second-order valence-corrected chi connectivity index (χ2v) is 7.40. The Balaban J connectivity index is 2.60. The van der Waals surface area contributed by atoms with Gasteiger partial charge in [0.15, 0.2) is 9.84 Å². The maximum absolute atomic E-state index is 12.1. The fourth-order valence-electron chi connectivity index (χ4n) is 2.27. The van der Waals surface area contributed by atoms with E-state index in [2.05, 4.69) is 0 Å². The number of carboxylic acid groups (broad SMARTS) is 1.